The number of carbonyl (C=O) groups is 1. The van der Waals surface area contributed by atoms with Crippen LogP contribution in [0.3, 0.4) is 0 Å². The molecule has 0 aliphatic carbocycles. The van der Waals surface area contributed by atoms with Crippen LogP contribution in [0.4, 0.5) is 4.39 Å². The molecule has 2 nitrogen and oxygen atoms in total. The summed E-state index contributed by atoms with van der Waals surface area (Å²) in [4.78, 5) is 13.3. The van der Waals surface area contributed by atoms with Gasteiger partial charge in [-0.25, -0.2) is 4.39 Å². The molecule has 0 aromatic carbocycles. The summed E-state index contributed by atoms with van der Waals surface area (Å²) in [5.41, 5.74) is -0.0293. The number of rotatable bonds is 1. The first-order chi connectivity index (χ1) is 5.82. The van der Waals surface area contributed by atoms with E-state index in [1.54, 1.807) is 4.90 Å². The minimum Gasteiger partial charge on any atom is -0.336 e. The largest absolute Gasteiger partial charge is 0.336 e. The van der Waals surface area contributed by atoms with Crippen molar-refractivity contribution in [2.45, 2.75) is 33.9 Å². The standard InChI is InChI=1S/C10H18FNO/c1-7(10(2,3)4)9(13)12-5-8(11)6-12/h7-8H,5-6H2,1-4H3. The van der Waals surface area contributed by atoms with Gasteiger partial charge in [0.05, 0.1) is 13.1 Å². The van der Waals surface area contributed by atoms with Gasteiger partial charge in [-0.15, -0.1) is 0 Å². The summed E-state index contributed by atoms with van der Waals surface area (Å²) in [6.07, 6.45) is -0.795. The average Bonchev–Trinajstić information content (AvgIpc) is 1.94. The number of likely N-dealkylation sites (tertiary alicyclic amines) is 1. The maximum atomic E-state index is 12.5. The fourth-order valence-corrected chi connectivity index (χ4v) is 1.25. The topological polar surface area (TPSA) is 20.3 Å². The molecule has 1 rings (SSSR count). The van der Waals surface area contributed by atoms with Crippen LogP contribution in [0.2, 0.25) is 0 Å². The first-order valence-electron chi connectivity index (χ1n) is 4.75. The van der Waals surface area contributed by atoms with Crippen LogP contribution in [-0.2, 0) is 4.79 Å². The maximum Gasteiger partial charge on any atom is 0.226 e. The Hall–Kier alpha value is -0.600. The summed E-state index contributed by atoms with van der Waals surface area (Å²) < 4.78 is 12.5. The van der Waals surface area contributed by atoms with E-state index in [-0.39, 0.29) is 17.2 Å². The van der Waals surface area contributed by atoms with Crippen molar-refractivity contribution in [3.8, 4) is 0 Å². The Bertz CT molecular complexity index is 203. The molecule has 76 valence electrons. The molecule has 13 heavy (non-hydrogen) atoms. The number of alkyl halides is 1. The maximum absolute atomic E-state index is 12.5. The van der Waals surface area contributed by atoms with E-state index in [4.69, 9.17) is 0 Å². The van der Waals surface area contributed by atoms with E-state index in [2.05, 4.69) is 0 Å². The van der Waals surface area contributed by atoms with Crippen LogP contribution in [-0.4, -0.2) is 30.1 Å². The van der Waals surface area contributed by atoms with Crippen molar-refractivity contribution in [1.29, 1.82) is 0 Å². The van der Waals surface area contributed by atoms with Gasteiger partial charge in [0.25, 0.3) is 0 Å². The lowest BCUT2D eigenvalue weighted by Crippen LogP contribution is -2.54. The highest BCUT2D eigenvalue weighted by Gasteiger charge is 2.36. The third kappa shape index (κ3) is 2.20. The van der Waals surface area contributed by atoms with Crippen LogP contribution in [0, 0.1) is 11.3 Å². The summed E-state index contributed by atoms with van der Waals surface area (Å²) in [5, 5.41) is 0. The van der Waals surface area contributed by atoms with Crippen molar-refractivity contribution < 1.29 is 9.18 Å². The van der Waals surface area contributed by atoms with Gasteiger partial charge < -0.3 is 4.90 Å². The monoisotopic (exact) mass is 187 g/mol. The second kappa shape index (κ2) is 3.28. The van der Waals surface area contributed by atoms with E-state index in [1.165, 1.54) is 0 Å². The molecule has 0 aromatic rings. The van der Waals surface area contributed by atoms with E-state index < -0.39 is 6.17 Å². The minimum atomic E-state index is -0.795. The number of hydrogen-bond donors (Lipinski definition) is 0. The molecule has 1 aliphatic rings. The van der Waals surface area contributed by atoms with Gasteiger partial charge in [0, 0.05) is 5.92 Å². The Kier molecular flexibility index (Phi) is 2.64. The van der Waals surface area contributed by atoms with Gasteiger partial charge in [-0.2, -0.15) is 0 Å². The molecule has 0 spiro atoms. The Morgan fingerprint density at radius 3 is 2.23 bits per heavy atom. The van der Waals surface area contributed by atoms with Gasteiger partial charge in [-0.1, -0.05) is 27.7 Å². The molecular formula is C10H18FNO. The van der Waals surface area contributed by atoms with Gasteiger partial charge in [0.2, 0.25) is 5.91 Å². The highest BCUT2D eigenvalue weighted by molar-refractivity contribution is 5.80. The van der Waals surface area contributed by atoms with Gasteiger partial charge in [0.1, 0.15) is 6.17 Å². The fourth-order valence-electron chi connectivity index (χ4n) is 1.25. The molecular weight excluding hydrogens is 169 g/mol. The lowest BCUT2D eigenvalue weighted by atomic mass is 9.81. The predicted octanol–water partition coefficient (Wildman–Crippen LogP) is 1.85. The third-order valence-corrected chi connectivity index (χ3v) is 2.82. The van der Waals surface area contributed by atoms with Gasteiger partial charge in [-0.05, 0) is 5.41 Å². The normalized spacial score (nSPS) is 21.2. The summed E-state index contributed by atoms with van der Waals surface area (Å²) in [6, 6.07) is 0. The number of halogens is 1. The second-order valence-electron chi connectivity index (χ2n) is 4.93. The zero-order chi connectivity index (χ0) is 10.2. The zero-order valence-corrected chi connectivity index (χ0v) is 8.80. The Morgan fingerprint density at radius 2 is 1.92 bits per heavy atom. The molecule has 1 saturated heterocycles. The van der Waals surface area contributed by atoms with Crippen LogP contribution < -0.4 is 0 Å². The van der Waals surface area contributed by atoms with Crippen molar-refractivity contribution in [3.63, 3.8) is 0 Å². The fraction of sp³-hybridized carbons (Fsp3) is 0.900. The quantitative estimate of drug-likeness (QED) is 0.613. The lowest BCUT2D eigenvalue weighted by Gasteiger charge is -2.39. The van der Waals surface area contributed by atoms with E-state index in [0.29, 0.717) is 13.1 Å². The summed E-state index contributed by atoms with van der Waals surface area (Å²) in [7, 11) is 0. The molecule has 1 unspecified atom stereocenters. The van der Waals surface area contributed by atoms with E-state index in [9.17, 15) is 9.18 Å². The summed E-state index contributed by atoms with van der Waals surface area (Å²) >= 11 is 0. The highest BCUT2D eigenvalue weighted by Crippen LogP contribution is 2.28. The van der Waals surface area contributed by atoms with Crippen LogP contribution in [0.25, 0.3) is 0 Å². The van der Waals surface area contributed by atoms with E-state index >= 15 is 0 Å². The molecule has 0 saturated carbocycles. The molecule has 0 radical (unpaired) electrons. The number of nitrogens with zero attached hydrogens (tertiary/aromatic N) is 1. The molecule has 1 atom stereocenters. The highest BCUT2D eigenvalue weighted by atomic mass is 19.1. The van der Waals surface area contributed by atoms with Gasteiger partial charge >= 0.3 is 0 Å². The molecule has 1 amide bonds. The predicted molar refractivity (Wildman–Crippen MR) is 50.1 cm³/mol. The number of carbonyl (C=O) groups excluding carboxylic acids is 1. The van der Waals surface area contributed by atoms with Crippen molar-refractivity contribution in [2.24, 2.45) is 11.3 Å². The molecule has 1 aliphatic heterocycles. The molecule has 0 bridgehead atoms. The number of amides is 1. The van der Waals surface area contributed by atoms with E-state index in [0.717, 1.165) is 0 Å². The van der Waals surface area contributed by atoms with Gasteiger partial charge in [-0.3, -0.25) is 4.79 Å². The van der Waals surface area contributed by atoms with Crippen molar-refractivity contribution in [3.05, 3.63) is 0 Å². The molecule has 0 N–H and O–H groups in total. The smallest absolute Gasteiger partial charge is 0.226 e. The molecule has 3 heteroatoms. The number of hydrogen-bond acceptors (Lipinski definition) is 1. The van der Waals surface area contributed by atoms with Crippen LogP contribution in [0.5, 0.6) is 0 Å². The minimum absolute atomic E-state index is 0.0278. The zero-order valence-electron chi connectivity index (χ0n) is 8.80. The SMILES string of the molecule is CC(C(=O)N1CC(F)C1)C(C)(C)C. The summed E-state index contributed by atoms with van der Waals surface area (Å²) in [6.45, 7) is 8.58. The van der Waals surface area contributed by atoms with E-state index in [1.807, 2.05) is 27.7 Å². The summed E-state index contributed by atoms with van der Waals surface area (Å²) in [5.74, 6) is 0.0569. The first kappa shape index (κ1) is 10.5. The van der Waals surface area contributed by atoms with Crippen molar-refractivity contribution in [1.82, 2.24) is 4.90 Å². The van der Waals surface area contributed by atoms with Crippen LogP contribution in [0.15, 0.2) is 0 Å². The lowest BCUT2D eigenvalue weighted by molar-refractivity contribution is -0.145. The van der Waals surface area contributed by atoms with Crippen LogP contribution in [0.1, 0.15) is 27.7 Å². The Morgan fingerprint density at radius 1 is 1.46 bits per heavy atom. The Balaban J connectivity index is 2.49. The second-order valence-corrected chi connectivity index (χ2v) is 4.93. The van der Waals surface area contributed by atoms with Gasteiger partial charge in [0.15, 0.2) is 0 Å². The molecule has 0 aromatic heterocycles. The molecule has 1 heterocycles. The van der Waals surface area contributed by atoms with Crippen molar-refractivity contribution >= 4 is 5.91 Å². The first-order valence-corrected chi connectivity index (χ1v) is 4.75. The van der Waals surface area contributed by atoms with Crippen molar-refractivity contribution in [2.75, 3.05) is 13.1 Å². The average molecular weight is 187 g/mol. The molecule has 1 fully saturated rings. The third-order valence-electron chi connectivity index (χ3n) is 2.82. The van der Waals surface area contributed by atoms with Crippen LogP contribution >= 0.6 is 0 Å². The Labute approximate surface area is 79.1 Å².